The number of halogens is 1. The Hall–Kier alpha value is -1.53. The maximum absolute atomic E-state index is 10.5. The minimum absolute atomic E-state index is 0.0576. The quantitative estimate of drug-likeness (QED) is 0.477. The first-order chi connectivity index (χ1) is 6.69. The van der Waals surface area contributed by atoms with E-state index in [2.05, 4.69) is 9.75 Å². The van der Waals surface area contributed by atoms with E-state index in [4.69, 9.17) is 16.9 Å². The predicted molar refractivity (Wildman–Crippen MR) is 49.4 cm³/mol. The number of nitrogens with zero attached hydrogens (tertiary/aromatic N) is 3. The number of nitro groups is 1. The molecule has 0 aliphatic rings. The maximum atomic E-state index is 10.5. The lowest BCUT2D eigenvalue weighted by Crippen LogP contribution is -1.91. The minimum Gasteiger partial charge on any atom is -0.392 e. The SMILES string of the molecule is O=[N+]([O-])c1cc(CO)ccc1N=NCl. The molecule has 0 unspecified atom stereocenters. The molecule has 0 amide bonds. The lowest BCUT2D eigenvalue weighted by Gasteiger charge is -1.98. The summed E-state index contributed by atoms with van der Waals surface area (Å²) in [6.07, 6.45) is 0. The van der Waals surface area contributed by atoms with Crippen molar-refractivity contribution in [1.82, 2.24) is 0 Å². The fraction of sp³-hybridized carbons (Fsp3) is 0.143. The molecule has 0 aromatic heterocycles. The number of nitro benzene ring substituents is 1. The average molecular weight is 216 g/mol. The molecule has 0 spiro atoms. The fourth-order valence-electron chi connectivity index (χ4n) is 0.939. The van der Waals surface area contributed by atoms with Gasteiger partial charge in [-0.3, -0.25) is 10.1 Å². The second-order valence-corrected chi connectivity index (χ2v) is 2.57. The summed E-state index contributed by atoms with van der Waals surface area (Å²) in [5.41, 5.74) is 0.258. The number of aliphatic hydroxyl groups is 1. The first kappa shape index (κ1) is 10.6. The van der Waals surface area contributed by atoms with Gasteiger partial charge in [0.15, 0.2) is 5.69 Å². The van der Waals surface area contributed by atoms with Crippen molar-refractivity contribution in [3.63, 3.8) is 0 Å². The standard InChI is InChI=1S/C7H6ClN3O3/c8-10-9-6-2-1-5(4-12)3-7(6)11(13)14/h1-3,12H,4H2. The fourth-order valence-corrected chi connectivity index (χ4v) is 1.02. The van der Waals surface area contributed by atoms with Crippen LogP contribution in [0.4, 0.5) is 11.4 Å². The third kappa shape index (κ3) is 2.24. The van der Waals surface area contributed by atoms with Crippen LogP contribution in [0.2, 0.25) is 0 Å². The monoisotopic (exact) mass is 215 g/mol. The third-order valence-electron chi connectivity index (χ3n) is 1.56. The van der Waals surface area contributed by atoms with Crippen LogP contribution in [0.3, 0.4) is 0 Å². The summed E-state index contributed by atoms with van der Waals surface area (Å²) < 4.78 is 2.93. The summed E-state index contributed by atoms with van der Waals surface area (Å²) >= 11 is 4.97. The second-order valence-electron chi connectivity index (χ2n) is 2.41. The van der Waals surface area contributed by atoms with E-state index >= 15 is 0 Å². The van der Waals surface area contributed by atoms with E-state index in [0.29, 0.717) is 5.56 Å². The van der Waals surface area contributed by atoms with Crippen molar-refractivity contribution in [3.8, 4) is 0 Å². The van der Waals surface area contributed by atoms with Crippen LogP contribution in [0.15, 0.2) is 27.9 Å². The van der Waals surface area contributed by atoms with Crippen LogP contribution < -0.4 is 0 Å². The molecule has 14 heavy (non-hydrogen) atoms. The van der Waals surface area contributed by atoms with Crippen LogP contribution in [0.25, 0.3) is 0 Å². The Balaban J connectivity index is 3.23. The molecule has 0 aliphatic carbocycles. The molecular formula is C7H6ClN3O3. The minimum atomic E-state index is -0.611. The van der Waals surface area contributed by atoms with Crippen molar-refractivity contribution in [2.75, 3.05) is 0 Å². The van der Waals surface area contributed by atoms with Gasteiger partial charge < -0.3 is 5.11 Å². The summed E-state index contributed by atoms with van der Waals surface area (Å²) in [6, 6.07) is 4.10. The van der Waals surface area contributed by atoms with Crippen molar-refractivity contribution in [1.29, 1.82) is 0 Å². The van der Waals surface area contributed by atoms with Gasteiger partial charge in [0.05, 0.1) is 23.3 Å². The van der Waals surface area contributed by atoms with Gasteiger partial charge in [-0.25, -0.2) is 0 Å². The number of rotatable bonds is 3. The highest BCUT2D eigenvalue weighted by atomic mass is 35.5. The van der Waals surface area contributed by atoms with Crippen LogP contribution in [0.1, 0.15) is 5.56 Å². The molecule has 0 atom stereocenters. The smallest absolute Gasteiger partial charge is 0.297 e. The first-order valence-corrected chi connectivity index (χ1v) is 3.93. The predicted octanol–water partition coefficient (Wildman–Crippen LogP) is 2.32. The number of benzene rings is 1. The van der Waals surface area contributed by atoms with Gasteiger partial charge in [-0.15, -0.1) is 5.11 Å². The maximum Gasteiger partial charge on any atom is 0.297 e. The van der Waals surface area contributed by atoms with Crippen LogP contribution in [0, 0.1) is 10.1 Å². The molecule has 1 aromatic carbocycles. The normalized spacial score (nSPS) is 10.7. The van der Waals surface area contributed by atoms with Crippen LogP contribution in [-0.4, -0.2) is 10.0 Å². The Labute approximate surface area is 84.1 Å². The molecule has 0 saturated carbocycles. The van der Waals surface area contributed by atoms with Crippen LogP contribution >= 0.6 is 11.8 Å². The second kappa shape index (κ2) is 4.64. The lowest BCUT2D eigenvalue weighted by molar-refractivity contribution is -0.384. The lowest BCUT2D eigenvalue weighted by atomic mass is 10.2. The molecule has 7 heteroatoms. The van der Waals surface area contributed by atoms with E-state index in [0.717, 1.165) is 0 Å². The van der Waals surface area contributed by atoms with E-state index < -0.39 is 4.92 Å². The highest BCUT2D eigenvalue weighted by Crippen LogP contribution is 2.28. The zero-order valence-electron chi connectivity index (χ0n) is 6.92. The molecule has 0 saturated heterocycles. The van der Waals surface area contributed by atoms with Crippen molar-refractivity contribution in [2.45, 2.75) is 6.61 Å². The summed E-state index contributed by atoms with van der Waals surface area (Å²) in [6.45, 7) is -0.265. The highest BCUT2D eigenvalue weighted by molar-refractivity contribution is 6.14. The highest BCUT2D eigenvalue weighted by Gasteiger charge is 2.13. The number of aliphatic hydroxyl groups excluding tert-OH is 1. The van der Waals surface area contributed by atoms with Crippen LogP contribution in [-0.2, 0) is 6.61 Å². The molecule has 0 fully saturated rings. The van der Waals surface area contributed by atoms with Gasteiger partial charge in [0.1, 0.15) is 0 Å². The molecule has 0 aliphatic heterocycles. The molecule has 6 nitrogen and oxygen atoms in total. The van der Waals surface area contributed by atoms with E-state index in [1.165, 1.54) is 18.2 Å². The van der Waals surface area contributed by atoms with Gasteiger partial charge in [-0.05, 0) is 11.6 Å². The Morgan fingerprint density at radius 3 is 2.79 bits per heavy atom. The average Bonchev–Trinajstić information content (AvgIpc) is 2.18. The van der Waals surface area contributed by atoms with Crippen molar-refractivity contribution in [2.24, 2.45) is 9.75 Å². The van der Waals surface area contributed by atoms with E-state index in [1.807, 2.05) is 0 Å². The van der Waals surface area contributed by atoms with Crippen LogP contribution in [0.5, 0.6) is 0 Å². The van der Waals surface area contributed by atoms with E-state index in [1.54, 1.807) is 0 Å². The largest absolute Gasteiger partial charge is 0.392 e. The molecule has 0 heterocycles. The van der Waals surface area contributed by atoms with Gasteiger partial charge in [0.25, 0.3) is 5.69 Å². The molecular weight excluding hydrogens is 210 g/mol. The molecule has 1 N–H and O–H groups in total. The Kier molecular flexibility index (Phi) is 3.49. The zero-order chi connectivity index (χ0) is 10.6. The molecule has 1 rings (SSSR count). The van der Waals surface area contributed by atoms with Crippen molar-refractivity contribution >= 4 is 23.2 Å². The molecule has 1 aromatic rings. The Morgan fingerprint density at radius 2 is 2.29 bits per heavy atom. The topological polar surface area (TPSA) is 88.1 Å². The van der Waals surface area contributed by atoms with Gasteiger partial charge in [-0.2, -0.15) is 0 Å². The molecule has 74 valence electrons. The molecule has 0 radical (unpaired) electrons. The van der Waals surface area contributed by atoms with Gasteiger partial charge in [0, 0.05) is 6.07 Å². The summed E-state index contributed by atoms with van der Waals surface area (Å²) in [5, 5.41) is 22.7. The number of hydrogen-bond donors (Lipinski definition) is 1. The number of hydrogen-bond acceptors (Lipinski definition) is 5. The van der Waals surface area contributed by atoms with E-state index in [-0.39, 0.29) is 18.0 Å². The Morgan fingerprint density at radius 1 is 1.57 bits per heavy atom. The van der Waals surface area contributed by atoms with Gasteiger partial charge >= 0.3 is 0 Å². The van der Waals surface area contributed by atoms with Crippen molar-refractivity contribution < 1.29 is 10.0 Å². The Bertz CT molecular complexity index is 380. The van der Waals surface area contributed by atoms with Gasteiger partial charge in [-0.1, -0.05) is 10.7 Å². The summed E-state index contributed by atoms with van der Waals surface area (Å²) in [5.74, 6) is 0. The van der Waals surface area contributed by atoms with Gasteiger partial charge in [0.2, 0.25) is 0 Å². The third-order valence-corrected chi connectivity index (χ3v) is 1.64. The summed E-state index contributed by atoms with van der Waals surface area (Å²) in [7, 11) is 0. The molecule has 0 bridgehead atoms. The zero-order valence-corrected chi connectivity index (χ0v) is 7.68. The summed E-state index contributed by atoms with van der Waals surface area (Å²) in [4.78, 5) is 9.93. The first-order valence-electron chi connectivity index (χ1n) is 3.59. The van der Waals surface area contributed by atoms with Crippen molar-refractivity contribution in [3.05, 3.63) is 33.9 Å². The van der Waals surface area contributed by atoms with E-state index in [9.17, 15) is 10.1 Å².